The van der Waals surface area contributed by atoms with Gasteiger partial charge in [0.1, 0.15) is 0 Å². The summed E-state index contributed by atoms with van der Waals surface area (Å²) in [7, 11) is 0. The van der Waals surface area contributed by atoms with Gasteiger partial charge in [-0.05, 0) is 17.7 Å². The lowest BCUT2D eigenvalue weighted by molar-refractivity contribution is -0.114. The Morgan fingerprint density at radius 1 is 1.33 bits per heavy atom. The summed E-state index contributed by atoms with van der Waals surface area (Å²) in [6, 6.07) is 7.16. The molecule has 0 saturated carbocycles. The van der Waals surface area contributed by atoms with Crippen LogP contribution in [-0.4, -0.2) is 15.7 Å². The van der Waals surface area contributed by atoms with Crippen molar-refractivity contribution < 1.29 is 4.79 Å². The summed E-state index contributed by atoms with van der Waals surface area (Å²) in [5.41, 5.74) is 0.988. The Kier molecular flexibility index (Phi) is 3.89. The molecule has 6 heteroatoms. The van der Waals surface area contributed by atoms with Gasteiger partial charge >= 0.3 is 0 Å². The highest BCUT2D eigenvalue weighted by atomic mass is 35.5. The summed E-state index contributed by atoms with van der Waals surface area (Å²) in [6.07, 6.45) is 1.79. The van der Waals surface area contributed by atoms with Crippen molar-refractivity contribution in [1.29, 1.82) is 0 Å². The molecule has 2 aromatic rings. The Morgan fingerprint density at radius 3 is 2.78 bits per heavy atom. The molecule has 1 N–H and O–H groups in total. The van der Waals surface area contributed by atoms with E-state index >= 15 is 0 Å². The van der Waals surface area contributed by atoms with Gasteiger partial charge in [-0.3, -0.25) is 9.48 Å². The fourth-order valence-corrected chi connectivity index (χ4v) is 1.84. The summed E-state index contributed by atoms with van der Waals surface area (Å²) in [5, 5.41) is 7.86. The number of halogens is 2. The van der Waals surface area contributed by atoms with Crippen LogP contribution in [-0.2, 0) is 11.3 Å². The first-order chi connectivity index (χ1) is 8.54. The van der Waals surface area contributed by atoms with E-state index in [2.05, 4.69) is 10.4 Å². The maximum atomic E-state index is 10.9. The second-order valence-corrected chi connectivity index (χ2v) is 4.64. The molecule has 0 fully saturated rings. The molecule has 1 heterocycles. The molecule has 0 bridgehead atoms. The smallest absolute Gasteiger partial charge is 0.222 e. The predicted octanol–water partition coefficient (Wildman–Crippen LogP) is 3.20. The van der Waals surface area contributed by atoms with Crippen molar-refractivity contribution in [3.05, 3.63) is 46.1 Å². The van der Waals surface area contributed by atoms with Gasteiger partial charge in [-0.15, -0.1) is 0 Å². The minimum absolute atomic E-state index is 0.144. The van der Waals surface area contributed by atoms with Crippen molar-refractivity contribution in [2.24, 2.45) is 0 Å². The van der Waals surface area contributed by atoms with Crippen LogP contribution in [0.1, 0.15) is 12.5 Å². The minimum Gasteiger partial charge on any atom is -0.309 e. The van der Waals surface area contributed by atoms with Crippen LogP contribution >= 0.6 is 23.2 Å². The summed E-state index contributed by atoms with van der Waals surface area (Å²) in [6.45, 7) is 2.01. The van der Waals surface area contributed by atoms with Gasteiger partial charge in [-0.25, -0.2) is 0 Å². The summed E-state index contributed by atoms with van der Waals surface area (Å²) >= 11 is 11.8. The number of nitrogens with one attached hydrogen (secondary N) is 1. The molecule has 1 aromatic heterocycles. The third-order valence-corrected chi connectivity index (χ3v) is 3.01. The maximum absolute atomic E-state index is 10.9. The Hall–Kier alpha value is -1.52. The third kappa shape index (κ3) is 3.24. The van der Waals surface area contributed by atoms with E-state index in [0.29, 0.717) is 22.4 Å². The van der Waals surface area contributed by atoms with Crippen LogP contribution in [0.5, 0.6) is 0 Å². The van der Waals surface area contributed by atoms with Crippen LogP contribution < -0.4 is 5.32 Å². The lowest BCUT2D eigenvalue weighted by Gasteiger charge is -2.03. The van der Waals surface area contributed by atoms with Crippen molar-refractivity contribution >= 4 is 34.9 Å². The van der Waals surface area contributed by atoms with Crippen LogP contribution in [0.4, 0.5) is 5.82 Å². The number of nitrogens with zero attached hydrogens (tertiary/aromatic N) is 2. The molecule has 1 amide bonds. The molecule has 0 aliphatic carbocycles. The molecule has 0 spiro atoms. The molecular weight excluding hydrogens is 273 g/mol. The molecule has 94 valence electrons. The van der Waals surface area contributed by atoms with E-state index in [-0.39, 0.29) is 5.91 Å². The fraction of sp³-hybridized carbons (Fsp3) is 0.167. The second kappa shape index (κ2) is 5.42. The first-order valence-corrected chi connectivity index (χ1v) is 6.05. The average Bonchev–Trinajstić information content (AvgIpc) is 2.70. The Bertz CT molecular complexity index is 580. The van der Waals surface area contributed by atoms with E-state index in [1.54, 1.807) is 29.1 Å². The average molecular weight is 284 g/mol. The molecule has 1 aromatic carbocycles. The zero-order valence-electron chi connectivity index (χ0n) is 9.65. The lowest BCUT2D eigenvalue weighted by atomic mass is 10.2. The van der Waals surface area contributed by atoms with Gasteiger partial charge in [0.15, 0.2) is 5.82 Å². The van der Waals surface area contributed by atoms with E-state index in [4.69, 9.17) is 23.2 Å². The number of hydrogen-bond donors (Lipinski definition) is 1. The summed E-state index contributed by atoms with van der Waals surface area (Å²) in [5.74, 6) is 0.386. The third-order valence-electron chi connectivity index (χ3n) is 2.27. The molecule has 4 nitrogen and oxygen atoms in total. The highest BCUT2D eigenvalue weighted by molar-refractivity contribution is 6.42. The van der Waals surface area contributed by atoms with Gasteiger partial charge < -0.3 is 5.32 Å². The number of rotatable bonds is 3. The lowest BCUT2D eigenvalue weighted by Crippen LogP contribution is -2.07. The largest absolute Gasteiger partial charge is 0.309 e. The Balaban J connectivity index is 2.11. The quantitative estimate of drug-likeness (QED) is 0.940. The molecular formula is C12H11Cl2N3O. The number of anilines is 1. The van der Waals surface area contributed by atoms with E-state index in [1.807, 2.05) is 6.07 Å². The zero-order chi connectivity index (χ0) is 13.1. The number of aromatic nitrogens is 2. The number of benzene rings is 1. The number of carbonyl (C=O) groups is 1. The SMILES string of the molecule is CC(=O)Nc1ccn(Cc2ccc(Cl)c(Cl)c2)n1. The van der Waals surface area contributed by atoms with E-state index in [1.165, 1.54) is 6.92 Å². The fourth-order valence-electron chi connectivity index (χ4n) is 1.52. The molecule has 0 saturated heterocycles. The molecule has 0 aliphatic heterocycles. The summed E-state index contributed by atoms with van der Waals surface area (Å²) < 4.78 is 1.71. The van der Waals surface area contributed by atoms with E-state index in [9.17, 15) is 4.79 Å². The van der Waals surface area contributed by atoms with Crippen molar-refractivity contribution in [3.8, 4) is 0 Å². The standard InChI is InChI=1S/C12H11Cl2N3O/c1-8(18)15-12-4-5-17(16-12)7-9-2-3-10(13)11(14)6-9/h2-6H,7H2,1H3,(H,15,16,18). The minimum atomic E-state index is -0.144. The van der Waals surface area contributed by atoms with Crippen molar-refractivity contribution in [1.82, 2.24) is 9.78 Å². The van der Waals surface area contributed by atoms with Crippen LogP contribution in [0.25, 0.3) is 0 Å². The van der Waals surface area contributed by atoms with Crippen molar-refractivity contribution in [3.63, 3.8) is 0 Å². The highest BCUT2D eigenvalue weighted by Gasteiger charge is 2.03. The molecule has 2 rings (SSSR count). The van der Waals surface area contributed by atoms with Gasteiger partial charge in [0.05, 0.1) is 16.6 Å². The van der Waals surface area contributed by atoms with Gasteiger partial charge in [-0.2, -0.15) is 5.10 Å². The zero-order valence-corrected chi connectivity index (χ0v) is 11.2. The predicted molar refractivity (Wildman–Crippen MR) is 72.1 cm³/mol. The van der Waals surface area contributed by atoms with Crippen molar-refractivity contribution in [2.75, 3.05) is 5.32 Å². The Morgan fingerprint density at radius 2 is 2.11 bits per heavy atom. The molecule has 0 aliphatic rings. The Labute approximate surface area is 115 Å². The number of carbonyl (C=O) groups excluding carboxylic acids is 1. The van der Waals surface area contributed by atoms with Crippen LogP contribution in [0.3, 0.4) is 0 Å². The van der Waals surface area contributed by atoms with Gasteiger partial charge in [-0.1, -0.05) is 29.3 Å². The topological polar surface area (TPSA) is 46.9 Å². The molecule has 18 heavy (non-hydrogen) atoms. The van der Waals surface area contributed by atoms with Gasteiger partial charge in [0.2, 0.25) is 5.91 Å². The first kappa shape index (κ1) is 12.9. The number of hydrogen-bond acceptors (Lipinski definition) is 2. The monoisotopic (exact) mass is 283 g/mol. The molecule has 0 atom stereocenters. The van der Waals surface area contributed by atoms with Crippen molar-refractivity contribution in [2.45, 2.75) is 13.5 Å². The maximum Gasteiger partial charge on any atom is 0.222 e. The van der Waals surface area contributed by atoms with Crippen LogP contribution in [0.15, 0.2) is 30.5 Å². The van der Waals surface area contributed by atoms with Gasteiger partial charge in [0.25, 0.3) is 0 Å². The highest BCUT2D eigenvalue weighted by Crippen LogP contribution is 2.23. The van der Waals surface area contributed by atoms with E-state index in [0.717, 1.165) is 5.56 Å². The second-order valence-electron chi connectivity index (χ2n) is 3.83. The molecule has 0 radical (unpaired) electrons. The first-order valence-electron chi connectivity index (χ1n) is 5.29. The normalized spacial score (nSPS) is 10.4. The van der Waals surface area contributed by atoms with E-state index < -0.39 is 0 Å². The summed E-state index contributed by atoms with van der Waals surface area (Å²) in [4.78, 5) is 10.9. The number of amides is 1. The van der Waals surface area contributed by atoms with Gasteiger partial charge in [0, 0.05) is 19.2 Å². The molecule has 0 unspecified atom stereocenters. The van der Waals surface area contributed by atoms with Crippen LogP contribution in [0.2, 0.25) is 10.0 Å². The van der Waals surface area contributed by atoms with Crippen LogP contribution in [0, 0.1) is 0 Å².